The first-order valence-electron chi connectivity index (χ1n) is 5.24. The maximum atomic E-state index is 13.5. The molecule has 0 aliphatic rings. The third kappa shape index (κ3) is 2.22. The molecule has 2 aromatic rings. The Hall–Kier alpha value is -2.23. The van der Waals surface area contributed by atoms with Gasteiger partial charge in [0.05, 0.1) is 12.7 Å². The van der Waals surface area contributed by atoms with Crippen LogP contribution in [0, 0.1) is 11.6 Å². The minimum atomic E-state index is -0.626. The van der Waals surface area contributed by atoms with Crippen molar-refractivity contribution in [1.29, 1.82) is 0 Å². The van der Waals surface area contributed by atoms with Crippen molar-refractivity contribution in [2.75, 3.05) is 7.11 Å². The maximum absolute atomic E-state index is 13.5. The molecule has 18 heavy (non-hydrogen) atoms. The molecule has 0 heterocycles. The van der Waals surface area contributed by atoms with Crippen LogP contribution in [0.1, 0.15) is 10.4 Å². The molecular weight excluding hydrogens is 238 g/mol. The summed E-state index contributed by atoms with van der Waals surface area (Å²) in [4.78, 5) is 10.5. The highest BCUT2D eigenvalue weighted by molar-refractivity contribution is 5.77. The first kappa shape index (κ1) is 12.2. The lowest BCUT2D eigenvalue weighted by Gasteiger charge is -2.06. The summed E-state index contributed by atoms with van der Waals surface area (Å²) < 4.78 is 31.7. The second-order valence-corrected chi connectivity index (χ2v) is 3.70. The molecule has 0 aliphatic heterocycles. The summed E-state index contributed by atoms with van der Waals surface area (Å²) in [6.07, 6.45) is 0.438. The van der Waals surface area contributed by atoms with E-state index in [0.29, 0.717) is 17.4 Å². The van der Waals surface area contributed by atoms with Gasteiger partial charge < -0.3 is 4.74 Å². The zero-order valence-corrected chi connectivity index (χ0v) is 9.61. The molecule has 0 atom stereocenters. The summed E-state index contributed by atoms with van der Waals surface area (Å²) in [6, 6.07) is 8.47. The van der Waals surface area contributed by atoms with Crippen molar-refractivity contribution in [2.24, 2.45) is 0 Å². The highest BCUT2D eigenvalue weighted by Gasteiger charge is 2.07. The van der Waals surface area contributed by atoms with Gasteiger partial charge in [0, 0.05) is 0 Å². The highest BCUT2D eigenvalue weighted by Crippen LogP contribution is 2.26. The smallest absolute Gasteiger partial charge is 0.165 e. The van der Waals surface area contributed by atoms with Crippen molar-refractivity contribution in [3.05, 3.63) is 53.6 Å². The molecule has 2 rings (SSSR count). The van der Waals surface area contributed by atoms with E-state index in [-0.39, 0.29) is 11.3 Å². The predicted molar refractivity (Wildman–Crippen MR) is 63.7 cm³/mol. The summed E-state index contributed by atoms with van der Waals surface area (Å²) in [5.74, 6) is -1.02. The molecular formula is C14H10F2O2. The van der Waals surface area contributed by atoms with E-state index in [4.69, 9.17) is 4.74 Å². The van der Waals surface area contributed by atoms with Gasteiger partial charge in [-0.15, -0.1) is 0 Å². The molecule has 4 heteroatoms. The Morgan fingerprint density at radius 2 is 1.61 bits per heavy atom. The number of carbonyl (C=O) groups excluding carboxylic acids is 1. The van der Waals surface area contributed by atoms with E-state index >= 15 is 0 Å². The minimum Gasteiger partial charge on any atom is -0.494 e. The largest absolute Gasteiger partial charge is 0.494 e. The van der Waals surface area contributed by atoms with Crippen LogP contribution in [0.5, 0.6) is 5.75 Å². The van der Waals surface area contributed by atoms with Crippen LogP contribution >= 0.6 is 0 Å². The van der Waals surface area contributed by atoms with Gasteiger partial charge in [0.15, 0.2) is 17.9 Å². The Morgan fingerprint density at radius 1 is 1.00 bits per heavy atom. The van der Waals surface area contributed by atoms with Crippen LogP contribution in [0.4, 0.5) is 8.78 Å². The lowest BCUT2D eigenvalue weighted by molar-refractivity contribution is 0.112. The molecule has 0 bridgehead atoms. The molecule has 0 saturated heterocycles. The fourth-order valence-corrected chi connectivity index (χ4v) is 1.65. The molecule has 0 aromatic heterocycles. The quantitative estimate of drug-likeness (QED) is 0.777. The Bertz CT molecular complexity index is 594. The molecule has 0 spiro atoms. The molecule has 0 radical (unpaired) electrons. The van der Waals surface area contributed by atoms with E-state index in [0.717, 1.165) is 0 Å². The van der Waals surface area contributed by atoms with Crippen LogP contribution in [0.25, 0.3) is 11.1 Å². The van der Waals surface area contributed by atoms with E-state index in [1.165, 1.54) is 31.4 Å². The third-order valence-corrected chi connectivity index (χ3v) is 2.61. The van der Waals surface area contributed by atoms with Gasteiger partial charge in [-0.3, -0.25) is 4.79 Å². The van der Waals surface area contributed by atoms with Gasteiger partial charge in [-0.2, -0.15) is 0 Å². The van der Waals surface area contributed by atoms with Crippen molar-refractivity contribution < 1.29 is 18.3 Å². The topological polar surface area (TPSA) is 26.3 Å². The summed E-state index contributed by atoms with van der Waals surface area (Å²) in [5, 5.41) is 0. The van der Waals surface area contributed by atoms with E-state index in [1.54, 1.807) is 12.1 Å². The summed E-state index contributed by atoms with van der Waals surface area (Å²) in [7, 11) is 1.37. The van der Waals surface area contributed by atoms with Crippen molar-refractivity contribution in [2.45, 2.75) is 0 Å². The molecule has 0 aliphatic carbocycles. The molecule has 0 amide bonds. The van der Waals surface area contributed by atoms with E-state index in [9.17, 15) is 13.6 Å². The van der Waals surface area contributed by atoms with E-state index in [2.05, 4.69) is 0 Å². The van der Waals surface area contributed by atoms with Crippen LogP contribution in [-0.2, 0) is 0 Å². The van der Waals surface area contributed by atoms with Gasteiger partial charge in [-0.25, -0.2) is 8.78 Å². The Morgan fingerprint density at radius 3 is 2.11 bits per heavy atom. The normalized spacial score (nSPS) is 10.2. The average molecular weight is 248 g/mol. The van der Waals surface area contributed by atoms with Gasteiger partial charge in [0.25, 0.3) is 0 Å². The maximum Gasteiger partial charge on any atom is 0.165 e. The number of ether oxygens (including phenoxy) is 1. The summed E-state index contributed by atoms with van der Waals surface area (Å²) >= 11 is 0. The molecule has 92 valence electrons. The molecule has 2 nitrogen and oxygen atoms in total. The molecule has 0 N–H and O–H groups in total. The third-order valence-electron chi connectivity index (χ3n) is 2.61. The Balaban J connectivity index is 2.45. The lowest BCUT2D eigenvalue weighted by Crippen LogP contribution is -1.91. The fourth-order valence-electron chi connectivity index (χ4n) is 1.65. The number of hydrogen-bond acceptors (Lipinski definition) is 2. The van der Waals surface area contributed by atoms with Gasteiger partial charge in [-0.1, -0.05) is 12.1 Å². The number of halogens is 2. The zero-order chi connectivity index (χ0) is 13.1. The SMILES string of the molecule is COc1ccc(-c2ccc(C=O)c(F)c2)cc1F. The summed E-state index contributed by atoms with van der Waals surface area (Å²) in [6.45, 7) is 0. The highest BCUT2D eigenvalue weighted by atomic mass is 19.1. The van der Waals surface area contributed by atoms with Crippen molar-refractivity contribution in [1.82, 2.24) is 0 Å². The molecule has 2 aromatic carbocycles. The number of methoxy groups -OCH3 is 1. The van der Waals surface area contributed by atoms with Crippen LogP contribution in [-0.4, -0.2) is 13.4 Å². The average Bonchev–Trinajstić information content (AvgIpc) is 2.38. The van der Waals surface area contributed by atoms with Crippen LogP contribution in [0.3, 0.4) is 0 Å². The molecule has 0 unspecified atom stereocenters. The molecule has 0 fully saturated rings. The lowest BCUT2D eigenvalue weighted by atomic mass is 10.0. The second kappa shape index (κ2) is 4.96. The standard InChI is InChI=1S/C14H10F2O2/c1-18-14-5-4-10(7-13(14)16)9-2-3-11(8-17)12(15)6-9/h2-8H,1H3. The Kier molecular flexibility index (Phi) is 3.37. The number of rotatable bonds is 3. The fraction of sp³-hybridized carbons (Fsp3) is 0.0714. The first-order valence-corrected chi connectivity index (χ1v) is 5.24. The van der Waals surface area contributed by atoms with Gasteiger partial charge in [0.2, 0.25) is 0 Å². The second-order valence-electron chi connectivity index (χ2n) is 3.70. The number of hydrogen-bond donors (Lipinski definition) is 0. The van der Waals surface area contributed by atoms with Gasteiger partial charge in [0.1, 0.15) is 5.82 Å². The number of aldehydes is 1. The Labute approximate surface area is 103 Å². The van der Waals surface area contributed by atoms with E-state index < -0.39 is 11.6 Å². The number of carbonyl (C=O) groups is 1. The van der Waals surface area contributed by atoms with Crippen LogP contribution in [0.2, 0.25) is 0 Å². The summed E-state index contributed by atoms with van der Waals surface area (Å²) in [5.41, 5.74) is 0.997. The first-order chi connectivity index (χ1) is 8.65. The van der Waals surface area contributed by atoms with Crippen molar-refractivity contribution in [3.8, 4) is 16.9 Å². The van der Waals surface area contributed by atoms with E-state index in [1.807, 2.05) is 0 Å². The van der Waals surface area contributed by atoms with Crippen LogP contribution < -0.4 is 4.74 Å². The van der Waals surface area contributed by atoms with Crippen molar-refractivity contribution >= 4 is 6.29 Å². The van der Waals surface area contributed by atoms with Crippen molar-refractivity contribution in [3.63, 3.8) is 0 Å². The monoisotopic (exact) mass is 248 g/mol. The zero-order valence-electron chi connectivity index (χ0n) is 9.61. The number of benzene rings is 2. The van der Waals surface area contributed by atoms with Crippen LogP contribution in [0.15, 0.2) is 36.4 Å². The van der Waals surface area contributed by atoms with Gasteiger partial charge in [-0.05, 0) is 35.4 Å². The van der Waals surface area contributed by atoms with Gasteiger partial charge >= 0.3 is 0 Å². The molecule has 0 saturated carbocycles. The predicted octanol–water partition coefficient (Wildman–Crippen LogP) is 3.45. The minimum absolute atomic E-state index is 0.0206.